The molecule has 0 saturated heterocycles. The summed E-state index contributed by atoms with van der Waals surface area (Å²) in [4.78, 5) is 10.5. The van der Waals surface area contributed by atoms with Gasteiger partial charge in [-0.25, -0.2) is 0 Å². The van der Waals surface area contributed by atoms with Gasteiger partial charge in [-0.3, -0.25) is 10.1 Å². The van der Waals surface area contributed by atoms with Crippen LogP contribution in [-0.2, 0) is 5.88 Å². The summed E-state index contributed by atoms with van der Waals surface area (Å²) in [6.07, 6.45) is 0. The molecule has 0 aliphatic carbocycles. The Morgan fingerprint density at radius 1 is 1.26 bits per heavy atom. The molecule has 0 saturated carbocycles. The molecular formula is C13H9BrClNO3. The van der Waals surface area contributed by atoms with Crippen LogP contribution >= 0.6 is 27.5 Å². The van der Waals surface area contributed by atoms with Gasteiger partial charge in [0.1, 0.15) is 5.75 Å². The van der Waals surface area contributed by atoms with Crippen LogP contribution in [0.3, 0.4) is 0 Å². The van der Waals surface area contributed by atoms with E-state index in [2.05, 4.69) is 15.9 Å². The third kappa shape index (κ3) is 3.45. The minimum absolute atomic E-state index is 0.0920. The fraction of sp³-hybridized carbons (Fsp3) is 0.0769. The first-order valence-electron chi connectivity index (χ1n) is 5.37. The van der Waals surface area contributed by atoms with Gasteiger partial charge in [0.25, 0.3) is 0 Å². The molecule has 0 amide bonds. The number of nitro groups is 1. The minimum Gasteiger partial charge on any atom is -0.450 e. The molecule has 2 aromatic carbocycles. The van der Waals surface area contributed by atoms with E-state index in [4.69, 9.17) is 16.3 Å². The number of hydrogen-bond acceptors (Lipinski definition) is 3. The van der Waals surface area contributed by atoms with Crippen molar-refractivity contribution in [1.29, 1.82) is 0 Å². The summed E-state index contributed by atoms with van der Waals surface area (Å²) in [5.74, 6) is 1.07. The lowest BCUT2D eigenvalue weighted by atomic mass is 10.2. The number of nitrogens with zero attached hydrogens (tertiary/aromatic N) is 1. The Bertz CT molecular complexity index is 619. The highest BCUT2D eigenvalue weighted by Crippen LogP contribution is 2.33. The van der Waals surface area contributed by atoms with Crippen molar-refractivity contribution < 1.29 is 9.66 Å². The van der Waals surface area contributed by atoms with Crippen LogP contribution in [0.15, 0.2) is 46.9 Å². The van der Waals surface area contributed by atoms with Crippen LogP contribution in [0, 0.1) is 10.1 Å². The van der Waals surface area contributed by atoms with Gasteiger partial charge in [-0.1, -0.05) is 28.1 Å². The Morgan fingerprint density at radius 3 is 2.74 bits per heavy atom. The highest BCUT2D eigenvalue weighted by atomic mass is 79.9. The van der Waals surface area contributed by atoms with Gasteiger partial charge in [-0.2, -0.15) is 0 Å². The average molecular weight is 343 g/mol. The summed E-state index contributed by atoms with van der Waals surface area (Å²) in [7, 11) is 0. The summed E-state index contributed by atoms with van der Waals surface area (Å²) in [6, 6.07) is 11.8. The smallest absolute Gasteiger partial charge is 0.312 e. The average Bonchev–Trinajstić information content (AvgIpc) is 2.41. The van der Waals surface area contributed by atoms with E-state index in [0.717, 1.165) is 5.56 Å². The van der Waals surface area contributed by atoms with Crippen molar-refractivity contribution in [1.82, 2.24) is 0 Å². The molecule has 2 aromatic rings. The van der Waals surface area contributed by atoms with E-state index in [9.17, 15) is 10.1 Å². The molecule has 4 nitrogen and oxygen atoms in total. The van der Waals surface area contributed by atoms with Gasteiger partial charge < -0.3 is 4.74 Å². The van der Waals surface area contributed by atoms with E-state index < -0.39 is 4.92 Å². The third-order valence-electron chi connectivity index (χ3n) is 2.40. The molecule has 0 heterocycles. The van der Waals surface area contributed by atoms with Gasteiger partial charge in [-0.05, 0) is 29.8 Å². The molecule has 0 bridgehead atoms. The maximum Gasteiger partial charge on any atom is 0.312 e. The fourth-order valence-electron chi connectivity index (χ4n) is 1.54. The summed E-state index contributed by atoms with van der Waals surface area (Å²) >= 11 is 8.93. The Kier molecular flexibility index (Phi) is 4.39. The molecule has 0 spiro atoms. The molecule has 0 unspecified atom stereocenters. The molecule has 0 N–H and O–H groups in total. The number of hydrogen-bond donors (Lipinski definition) is 0. The Hall–Kier alpha value is -1.59. The molecule has 0 radical (unpaired) electrons. The van der Waals surface area contributed by atoms with Crippen LogP contribution in [0.4, 0.5) is 5.69 Å². The van der Waals surface area contributed by atoms with Crippen molar-refractivity contribution in [2.75, 3.05) is 0 Å². The van der Waals surface area contributed by atoms with Gasteiger partial charge in [0, 0.05) is 16.4 Å². The van der Waals surface area contributed by atoms with Gasteiger partial charge in [0.2, 0.25) is 5.75 Å². The molecule has 98 valence electrons. The number of nitro benzene ring substituents is 1. The van der Waals surface area contributed by atoms with Crippen LogP contribution in [0.5, 0.6) is 11.5 Å². The van der Waals surface area contributed by atoms with E-state index in [1.807, 2.05) is 6.07 Å². The van der Waals surface area contributed by atoms with Gasteiger partial charge in [0.05, 0.1) is 4.92 Å². The summed E-state index contributed by atoms with van der Waals surface area (Å²) in [5.41, 5.74) is 0.796. The van der Waals surface area contributed by atoms with Gasteiger partial charge in [0.15, 0.2) is 0 Å². The lowest BCUT2D eigenvalue weighted by Crippen LogP contribution is -1.93. The lowest BCUT2D eigenvalue weighted by Gasteiger charge is -2.07. The van der Waals surface area contributed by atoms with Gasteiger partial charge >= 0.3 is 5.69 Å². The predicted octanol–water partition coefficient (Wildman–Crippen LogP) is 4.89. The highest BCUT2D eigenvalue weighted by molar-refractivity contribution is 9.10. The predicted molar refractivity (Wildman–Crippen MR) is 76.9 cm³/mol. The summed E-state index contributed by atoms with van der Waals surface area (Å²) in [6.45, 7) is 0. The third-order valence-corrected chi connectivity index (χ3v) is 3.20. The maximum absolute atomic E-state index is 11.0. The molecule has 0 fully saturated rings. The second-order valence-electron chi connectivity index (χ2n) is 3.75. The number of benzene rings is 2. The van der Waals surface area contributed by atoms with Crippen molar-refractivity contribution in [3.63, 3.8) is 0 Å². The zero-order chi connectivity index (χ0) is 13.8. The maximum atomic E-state index is 11.0. The second-order valence-corrected chi connectivity index (χ2v) is 4.94. The Labute approximate surface area is 123 Å². The second kappa shape index (κ2) is 6.04. The zero-order valence-electron chi connectivity index (χ0n) is 9.68. The van der Waals surface area contributed by atoms with Crippen molar-refractivity contribution in [3.05, 3.63) is 62.6 Å². The van der Waals surface area contributed by atoms with Crippen LogP contribution in [-0.4, -0.2) is 4.92 Å². The highest BCUT2D eigenvalue weighted by Gasteiger charge is 2.16. The number of rotatable bonds is 4. The molecule has 0 aliphatic heterocycles. The Morgan fingerprint density at radius 2 is 2.05 bits per heavy atom. The van der Waals surface area contributed by atoms with Crippen molar-refractivity contribution in [2.24, 2.45) is 0 Å². The first-order chi connectivity index (χ1) is 9.10. The molecule has 0 atom stereocenters. The van der Waals surface area contributed by atoms with Crippen LogP contribution in [0.1, 0.15) is 5.56 Å². The van der Waals surface area contributed by atoms with Crippen molar-refractivity contribution in [3.8, 4) is 11.5 Å². The zero-order valence-corrected chi connectivity index (χ0v) is 12.0. The first-order valence-corrected chi connectivity index (χ1v) is 6.69. The monoisotopic (exact) mass is 341 g/mol. The molecule has 6 heteroatoms. The fourth-order valence-corrected chi connectivity index (χ4v) is 2.05. The van der Waals surface area contributed by atoms with E-state index in [1.165, 1.54) is 6.07 Å². The molecule has 0 aliphatic rings. The number of ether oxygens (including phenoxy) is 1. The largest absolute Gasteiger partial charge is 0.450 e. The number of alkyl halides is 1. The van der Waals surface area contributed by atoms with Gasteiger partial charge in [-0.15, -0.1) is 11.6 Å². The quantitative estimate of drug-likeness (QED) is 0.451. The Balaban J connectivity index is 2.34. The standard InChI is InChI=1S/C13H9BrClNO3/c14-10-4-5-13(12(7-10)16(17)18)19-11-3-1-2-9(6-11)8-15/h1-7H,8H2. The van der Waals surface area contributed by atoms with Crippen molar-refractivity contribution in [2.45, 2.75) is 5.88 Å². The van der Waals surface area contributed by atoms with E-state index in [1.54, 1.807) is 30.3 Å². The molecular weight excluding hydrogens is 334 g/mol. The first kappa shape index (κ1) is 13.8. The van der Waals surface area contributed by atoms with Crippen LogP contribution in [0.25, 0.3) is 0 Å². The van der Waals surface area contributed by atoms with E-state index in [0.29, 0.717) is 16.1 Å². The normalized spacial score (nSPS) is 10.2. The van der Waals surface area contributed by atoms with Crippen LogP contribution in [0.2, 0.25) is 0 Å². The summed E-state index contributed by atoms with van der Waals surface area (Å²) < 4.78 is 6.17. The molecule has 2 rings (SSSR count). The van der Waals surface area contributed by atoms with E-state index >= 15 is 0 Å². The summed E-state index contributed by atoms with van der Waals surface area (Å²) in [5, 5.41) is 11.0. The SMILES string of the molecule is O=[N+]([O-])c1cc(Br)ccc1Oc1cccc(CCl)c1. The molecule has 19 heavy (non-hydrogen) atoms. The van der Waals surface area contributed by atoms with E-state index in [-0.39, 0.29) is 11.4 Å². The number of halogens is 2. The van der Waals surface area contributed by atoms with Crippen LogP contribution < -0.4 is 4.74 Å². The molecule has 0 aromatic heterocycles. The lowest BCUT2D eigenvalue weighted by molar-refractivity contribution is -0.385. The topological polar surface area (TPSA) is 52.4 Å². The van der Waals surface area contributed by atoms with Crippen molar-refractivity contribution >= 4 is 33.2 Å². The minimum atomic E-state index is -0.481.